The van der Waals surface area contributed by atoms with Crippen molar-refractivity contribution in [1.29, 1.82) is 0 Å². The minimum Gasteiger partial charge on any atom is -0.381 e. The predicted octanol–water partition coefficient (Wildman–Crippen LogP) is 4.10. The summed E-state index contributed by atoms with van der Waals surface area (Å²) in [5, 5.41) is 6.59. The van der Waals surface area contributed by atoms with Gasteiger partial charge in [-0.15, -0.1) is 0 Å². The van der Waals surface area contributed by atoms with E-state index in [1.807, 2.05) is 30.5 Å². The van der Waals surface area contributed by atoms with Crippen molar-refractivity contribution in [3.05, 3.63) is 71.4 Å². The monoisotopic (exact) mass is 487 g/mol. The molecule has 1 atom stereocenters. The number of rotatable bonds is 7. The van der Waals surface area contributed by atoms with Crippen molar-refractivity contribution >= 4 is 22.7 Å². The maximum absolute atomic E-state index is 13.4. The Bertz CT molecular complexity index is 1200. The van der Waals surface area contributed by atoms with Gasteiger partial charge < -0.3 is 20.4 Å². The summed E-state index contributed by atoms with van der Waals surface area (Å²) in [7, 11) is 0. The van der Waals surface area contributed by atoms with E-state index in [-0.39, 0.29) is 24.8 Å². The number of amides is 2. The fourth-order valence-corrected chi connectivity index (χ4v) is 4.71. The zero-order valence-corrected chi connectivity index (χ0v) is 19.4. The van der Waals surface area contributed by atoms with Crippen LogP contribution < -0.4 is 10.6 Å². The number of aromatic amines is 1. The van der Waals surface area contributed by atoms with Crippen LogP contribution >= 0.6 is 0 Å². The van der Waals surface area contributed by atoms with Crippen molar-refractivity contribution in [2.24, 2.45) is 0 Å². The van der Waals surface area contributed by atoms with Crippen molar-refractivity contribution in [1.82, 2.24) is 15.6 Å². The first-order valence-electron chi connectivity index (χ1n) is 11.5. The number of aromatic nitrogens is 1. The van der Waals surface area contributed by atoms with Gasteiger partial charge in [0.25, 0.3) is 0 Å². The van der Waals surface area contributed by atoms with Crippen LogP contribution in [0.2, 0.25) is 0 Å². The number of H-pyrrole nitrogens is 1. The van der Waals surface area contributed by atoms with Crippen LogP contribution in [0.5, 0.6) is 0 Å². The summed E-state index contributed by atoms with van der Waals surface area (Å²) in [6.45, 7) is 2.26. The zero-order chi connectivity index (χ0) is 25.1. The van der Waals surface area contributed by atoms with Gasteiger partial charge in [-0.1, -0.05) is 36.4 Å². The molecule has 1 unspecified atom stereocenters. The molecule has 186 valence electrons. The van der Waals surface area contributed by atoms with Crippen LogP contribution in [0.3, 0.4) is 0 Å². The molecule has 1 aliphatic heterocycles. The number of fused-ring (bicyclic) bond motifs is 1. The van der Waals surface area contributed by atoms with E-state index in [1.165, 1.54) is 13.0 Å². The maximum Gasteiger partial charge on any atom is 0.416 e. The number of alkyl halides is 3. The fraction of sp³-hybridized carbons (Fsp3) is 0.385. The molecule has 6 nitrogen and oxygen atoms in total. The maximum atomic E-state index is 13.4. The smallest absolute Gasteiger partial charge is 0.381 e. The number of hydrogen-bond acceptors (Lipinski definition) is 3. The molecule has 2 amide bonds. The van der Waals surface area contributed by atoms with E-state index < -0.39 is 23.2 Å². The number of halogens is 3. The number of carbonyl (C=O) groups is 2. The lowest BCUT2D eigenvalue weighted by Crippen LogP contribution is -2.51. The van der Waals surface area contributed by atoms with E-state index in [9.17, 15) is 22.8 Å². The number of ether oxygens (including phenoxy) is 1. The Morgan fingerprint density at radius 3 is 2.57 bits per heavy atom. The minimum atomic E-state index is -4.46. The van der Waals surface area contributed by atoms with E-state index in [4.69, 9.17) is 4.74 Å². The lowest BCUT2D eigenvalue weighted by Gasteiger charge is -2.38. The van der Waals surface area contributed by atoms with Gasteiger partial charge in [0, 0.05) is 55.6 Å². The van der Waals surface area contributed by atoms with E-state index in [0.717, 1.165) is 28.6 Å². The lowest BCUT2D eigenvalue weighted by molar-refractivity contribution is -0.137. The van der Waals surface area contributed by atoms with Gasteiger partial charge in [0.15, 0.2) is 0 Å². The SMILES string of the molecule is CC(=O)NC(Cc1c[nH]c2ccccc12)C(=O)NCC1(c2cccc(C(F)(F)F)c2)CCOCC1. The van der Waals surface area contributed by atoms with Crippen LogP contribution in [0.15, 0.2) is 54.7 Å². The summed E-state index contributed by atoms with van der Waals surface area (Å²) in [5.74, 6) is -0.730. The highest BCUT2D eigenvalue weighted by Crippen LogP contribution is 2.38. The highest BCUT2D eigenvalue weighted by Gasteiger charge is 2.38. The van der Waals surface area contributed by atoms with Gasteiger partial charge in [-0.2, -0.15) is 13.2 Å². The summed E-state index contributed by atoms with van der Waals surface area (Å²) in [4.78, 5) is 28.3. The Labute approximate surface area is 201 Å². The Balaban J connectivity index is 1.55. The van der Waals surface area contributed by atoms with Crippen LogP contribution in [0.25, 0.3) is 10.9 Å². The van der Waals surface area contributed by atoms with Crippen molar-refractivity contribution in [2.75, 3.05) is 19.8 Å². The number of hydrogen-bond donors (Lipinski definition) is 3. The van der Waals surface area contributed by atoms with Crippen molar-refractivity contribution < 1.29 is 27.5 Å². The van der Waals surface area contributed by atoms with Crippen LogP contribution in [-0.2, 0) is 32.3 Å². The Hall–Kier alpha value is -3.33. The molecule has 1 saturated heterocycles. The Morgan fingerprint density at radius 2 is 1.86 bits per heavy atom. The number of carbonyl (C=O) groups excluding carboxylic acids is 2. The first kappa shape index (κ1) is 24.8. The number of benzene rings is 2. The highest BCUT2D eigenvalue weighted by atomic mass is 19.4. The average molecular weight is 488 g/mol. The van der Waals surface area contributed by atoms with Crippen LogP contribution in [0, 0.1) is 0 Å². The van der Waals surface area contributed by atoms with Crippen molar-refractivity contribution in [3.8, 4) is 0 Å². The molecule has 35 heavy (non-hydrogen) atoms. The highest BCUT2D eigenvalue weighted by molar-refractivity contribution is 5.89. The van der Waals surface area contributed by atoms with Crippen LogP contribution in [-0.4, -0.2) is 42.6 Å². The summed E-state index contributed by atoms with van der Waals surface area (Å²) in [6, 6.07) is 12.1. The molecular weight excluding hydrogens is 459 g/mol. The third-order valence-corrected chi connectivity index (χ3v) is 6.65. The van der Waals surface area contributed by atoms with Gasteiger partial charge in [0.2, 0.25) is 11.8 Å². The average Bonchev–Trinajstić information content (AvgIpc) is 3.25. The standard InChI is InChI=1S/C26H28F3N3O3/c1-17(33)32-23(13-18-15-30-22-8-3-2-7-21(18)22)24(34)31-16-25(9-11-35-12-10-25)19-5-4-6-20(14-19)26(27,28)29/h2-8,14-15,23,30H,9-13,16H2,1H3,(H,31,34)(H,32,33). The van der Waals surface area contributed by atoms with Gasteiger partial charge in [-0.3, -0.25) is 9.59 Å². The summed E-state index contributed by atoms with van der Waals surface area (Å²) < 4.78 is 45.5. The Morgan fingerprint density at radius 1 is 1.11 bits per heavy atom. The molecule has 1 fully saturated rings. The third kappa shape index (κ3) is 5.67. The van der Waals surface area contributed by atoms with E-state index >= 15 is 0 Å². The molecule has 4 rings (SSSR count). The first-order valence-corrected chi connectivity index (χ1v) is 11.5. The van der Waals surface area contributed by atoms with Gasteiger partial charge in [-0.05, 0) is 36.1 Å². The number of para-hydroxylation sites is 1. The van der Waals surface area contributed by atoms with Crippen LogP contribution in [0.1, 0.15) is 36.5 Å². The van der Waals surface area contributed by atoms with E-state index in [1.54, 1.807) is 6.07 Å². The van der Waals surface area contributed by atoms with Gasteiger partial charge in [0.05, 0.1) is 5.56 Å². The first-order chi connectivity index (χ1) is 16.7. The molecule has 2 heterocycles. The molecule has 1 aliphatic rings. The zero-order valence-electron chi connectivity index (χ0n) is 19.4. The molecule has 3 aromatic rings. The molecule has 1 aromatic heterocycles. The topological polar surface area (TPSA) is 83.2 Å². The fourth-order valence-electron chi connectivity index (χ4n) is 4.71. The Kier molecular flexibility index (Phi) is 7.16. The van der Waals surface area contributed by atoms with Crippen molar-refractivity contribution in [2.45, 2.75) is 43.8 Å². The van der Waals surface area contributed by atoms with E-state index in [2.05, 4.69) is 15.6 Å². The number of nitrogens with one attached hydrogen (secondary N) is 3. The third-order valence-electron chi connectivity index (χ3n) is 6.65. The predicted molar refractivity (Wildman–Crippen MR) is 126 cm³/mol. The molecule has 0 bridgehead atoms. The van der Waals surface area contributed by atoms with Crippen molar-refractivity contribution in [3.63, 3.8) is 0 Å². The second-order valence-corrected chi connectivity index (χ2v) is 9.01. The van der Waals surface area contributed by atoms with Gasteiger partial charge >= 0.3 is 6.18 Å². The summed E-state index contributed by atoms with van der Waals surface area (Å²) in [5.41, 5.74) is 0.908. The molecule has 3 N–H and O–H groups in total. The van der Waals surface area contributed by atoms with Gasteiger partial charge in [0.1, 0.15) is 6.04 Å². The quantitative estimate of drug-likeness (QED) is 0.469. The van der Waals surface area contributed by atoms with Gasteiger partial charge in [-0.25, -0.2) is 0 Å². The molecule has 2 aromatic carbocycles. The summed E-state index contributed by atoms with van der Waals surface area (Å²) >= 11 is 0. The largest absolute Gasteiger partial charge is 0.416 e. The molecule has 9 heteroatoms. The molecule has 0 aliphatic carbocycles. The lowest BCUT2D eigenvalue weighted by atomic mass is 9.73. The molecular formula is C26H28F3N3O3. The summed E-state index contributed by atoms with van der Waals surface area (Å²) in [6.07, 6.45) is -1.42. The second kappa shape index (κ2) is 10.1. The molecule has 0 saturated carbocycles. The normalized spacial score (nSPS) is 16.6. The van der Waals surface area contributed by atoms with Crippen LogP contribution in [0.4, 0.5) is 13.2 Å². The second-order valence-electron chi connectivity index (χ2n) is 9.01. The molecule has 0 radical (unpaired) electrons. The van der Waals surface area contributed by atoms with E-state index in [0.29, 0.717) is 31.6 Å². The molecule has 0 spiro atoms. The minimum absolute atomic E-state index is 0.139.